The summed E-state index contributed by atoms with van der Waals surface area (Å²) >= 11 is 3.53. The molecule has 4 nitrogen and oxygen atoms in total. The van der Waals surface area contributed by atoms with Gasteiger partial charge < -0.3 is 4.90 Å². The van der Waals surface area contributed by atoms with E-state index in [1.165, 1.54) is 0 Å². The lowest BCUT2D eigenvalue weighted by atomic mass is 9.99. The van der Waals surface area contributed by atoms with Gasteiger partial charge in [0.15, 0.2) is 0 Å². The predicted octanol–water partition coefficient (Wildman–Crippen LogP) is 2.69. The van der Waals surface area contributed by atoms with Gasteiger partial charge in [0.1, 0.15) is 6.04 Å². The highest BCUT2D eigenvalue weighted by molar-refractivity contribution is 9.10. The summed E-state index contributed by atoms with van der Waals surface area (Å²) in [7, 11) is 1.86. The van der Waals surface area contributed by atoms with Crippen LogP contribution in [0.3, 0.4) is 0 Å². The zero-order valence-electron chi connectivity index (χ0n) is 12.9. The zero-order chi connectivity index (χ0) is 15.4. The molecule has 5 heteroatoms. The van der Waals surface area contributed by atoms with E-state index in [2.05, 4.69) is 40.6 Å². The van der Waals surface area contributed by atoms with E-state index in [9.17, 15) is 4.79 Å². The Morgan fingerprint density at radius 2 is 2.10 bits per heavy atom. The highest BCUT2D eigenvalue weighted by Gasteiger charge is 2.31. The first-order chi connectivity index (χ1) is 9.97. The third-order valence-corrected chi connectivity index (χ3v) is 4.55. The van der Waals surface area contributed by atoms with Crippen molar-refractivity contribution in [3.63, 3.8) is 0 Å². The second-order valence-electron chi connectivity index (χ2n) is 6.19. The number of hydrazine groups is 1. The Kier molecular flexibility index (Phi) is 5.79. The van der Waals surface area contributed by atoms with E-state index in [1.54, 1.807) is 4.90 Å². The first-order valence-corrected chi connectivity index (χ1v) is 8.26. The molecule has 2 N–H and O–H groups in total. The molecule has 2 atom stereocenters. The number of likely N-dealkylation sites (N-methyl/N-ethyl adjacent to an activating group) is 1. The molecule has 1 aromatic carbocycles. The van der Waals surface area contributed by atoms with Crippen molar-refractivity contribution in [2.45, 2.75) is 45.3 Å². The van der Waals surface area contributed by atoms with Crippen LogP contribution in [-0.4, -0.2) is 29.9 Å². The normalized spacial score (nSPS) is 21.8. The Balaban J connectivity index is 1.90. The van der Waals surface area contributed by atoms with Gasteiger partial charge in [0.05, 0.1) is 0 Å². The third-order valence-electron chi connectivity index (χ3n) is 3.78. The summed E-state index contributed by atoms with van der Waals surface area (Å²) in [6.07, 6.45) is 1.95. The van der Waals surface area contributed by atoms with E-state index < -0.39 is 0 Å². The van der Waals surface area contributed by atoms with Crippen LogP contribution < -0.4 is 10.9 Å². The minimum absolute atomic E-state index is 0.124. The van der Waals surface area contributed by atoms with Crippen LogP contribution in [0.4, 0.5) is 0 Å². The zero-order valence-corrected chi connectivity index (χ0v) is 14.5. The van der Waals surface area contributed by atoms with Gasteiger partial charge in [0, 0.05) is 24.1 Å². The van der Waals surface area contributed by atoms with Crippen molar-refractivity contribution in [1.29, 1.82) is 0 Å². The molecule has 1 aliphatic rings. The van der Waals surface area contributed by atoms with Crippen LogP contribution >= 0.6 is 15.9 Å². The number of hydrogen-bond acceptors (Lipinski definition) is 3. The van der Waals surface area contributed by atoms with E-state index in [0.29, 0.717) is 18.5 Å². The molecule has 1 amide bonds. The summed E-state index contributed by atoms with van der Waals surface area (Å²) in [5.74, 6) is 0.778. The number of nitrogens with one attached hydrogen (secondary N) is 2. The maximum Gasteiger partial charge on any atom is 0.241 e. The largest absolute Gasteiger partial charge is 0.340 e. The van der Waals surface area contributed by atoms with E-state index in [4.69, 9.17) is 0 Å². The van der Waals surface area contributed by atoms with Crippen molar-refractivity contribution in [3.8, 4) is 0 Å². The van der Waals surface area contributed by atoms with Crippen molar-refractivity contribution < 1.29 is 4.79 Å². The van der Waals surface area contributed by atoms with Gasteiger partial charge in [-0.3, -0.25) is 10.2 Å². The lowest BCUT2D eigenvalue weighted by Gasteiger charge is -2.21. The van der Waals surface area contributed by atoms with Gasteiger partial charge in [-0.2, -0.15) is 0 Å². The van der Waals surface area contributed by atoms with Gasteiger partial charge >= 0.3 is 0 Å². The van der Waals surface area contributed by atoms with E-state index >= 15 is 0 Å². The SMILES string of the molecule is CC(C)CC1CC(C(=O)N(C)Cc2ccccc2Br)NN1. The van der Waals surface area contributed by atoms with Crippen molar-refractivity contribution in [1.82, 2.24) is 15.8 Å². The molecule has 1 aliphatic heterocycles. The topological polar surface area (TPSA) is 44.4 Å². The smallest absolute Gasteiger partial charge is 0.241 e. The fourth-order valence-electron chi connectivity index (χ4n) is 2.73. The van der Waals surface area contributed by atoms with Crippen LogP contribution in [0.15, 0.2) is 28.7 Å². The predicted molar refractivity (Wildman–Crippen MR) is 88.5 cm³/mol. The molecular weight excluding hydrogens is 330 g/mol. The molecule has 0 aliphatic carbocycles. The van der Waals surface area contributed by atoms with Crippen molar-refractivity contribution in [3.05, 3.63) is 34.3 Å². The van der Waals surface area contributed by atoms with Crippen LogP contribution in [0.1, 0.15) is 32.3 Å². The Labute approximate surface area is 135 Å². The number of benzene rings is 1. The summed E-state index contributed by atoms with van der Waals surface area (Å²) in [5.41, 5.74) is 7.51. The second-order valence-corrected chi connectivity index (χ2v) is 7.04. The van der Waals surface area contributed by atoms with E-state index in [0.717, 1.165) is 22.9 Å². The summed E-state index contributed by atoms with van der Waals surface area (Å²) in [6, 6.07) is 8.27. The molecule has 1 aromatic rings. The molecule has 1 heterocycles. The number of rotatable bonds is 5. The van der Waals surface area contributed by atoms with Crippen LogP contribution in [0.5, 0.6) is 0 Å². The van der Waals surface area contributed by atoms with Crippen molar-refractivity contribution in [2.24, 2.45) is 5.92 Å². The lowest BCUT2D eigenvalue weighted by molar-refractivity contribution is -0.132. The monoisotopic (exact) mass is 353 g/mol. The molecule has 1 saturated heterocycles. The minimum atomic E-state index is -0.124. The quantitative estimate of drug-likeness (QED) is 0.855. The highest BCUT2D eigenvalue weighted by atomic mass is 79.9. The molecule has 21 heavy (non-hydrogen) atoms. The van der Waals surface area contributed by atoms with Crippen molar-refractivity contribution >= 4 is 21.8 Å². The molecular formula is C16H24BrN3O. The van der Waals surface area contributed by atoms with Crippen LogP contribution in [0.2, 0.25) is 0 Å². The van der Waals surface area contributed by atoms with Crippen LogP contribution in [0, 0.1) is 5.92 Å². The number of carbonyl (C=O) groups excluding carboxylic acids is 1. The molecule has 2 rings (SSSR count). The molecule has 0 spiro atoms. The average Bonchev–Trinajstić information content (AvgIpc) is 2.88. The number of amides is 1. The van der Waals surface area contributed by atoms with Crippen LogP contribution in [-0.2, 0) is 11.3 Å². The first-order valence-electron chi connectivity index (χ1n) is 7.46. The Morgan fingerprint density at radius 3 is 2.76 bits per heavy atom. The van der Waals surface area contributed by atoms with Crippen LogP contribution in [0.25, 0.3) is 0 Å². The average molecular weight is 354 g/mol. The van der Waals surface area contributed by atoms with Gasteiger partial charge in [-0.05, 0) is 30.4 Å². The molecule has 0 radical (unpaired) electrons. The Hall–Kier alpha value is -0.910. The van der Waals surface area contributed by atoms with Gasteiger partial charge in [-0.25, -0.2) is 5.43 Å². The summed E-state index contributed by atoms with van der Waals surface area (Å²) in [4.78, 5) is 14.3. The lowest BCUT2D eigenvalue weighted by Crippen LogP contribution is -2.44. The van der Waals surface area contributed by atoms with Gasteiger partial charge in [0.25, 0.3) is 0 Å². The molecule has 116 valence electrons. The Bertz CT molecular complexity index is 492. The third kappa shape index (κ3) is 4.53. The molecule has 0 aromatic heterocycles. The number of hydrogen-bond donors (Lipinski definition) is 2. The number of halogens is 1. The molecule has 0 bridgehead atoms. The fourth-order valence-corrected chi connectivity index (χ4v) is 3.14. The molecule has 0 saturated carbocycles. The first kappa shape index (κ1) is 16.5. The van der Waals surface area contributed by atoms with E-state index in [-0.39, 0.29) is 11.9 Å². The molecule has 2 unspecified atom stereocenters. The fraction of sp³-hybridized carbons (Fsp3) is 0.562. The summed E-state index contributed by atoms with van der Waals surface area (Å²) < 4.78 is 1.04. The van der Waals surface area contributed by atoms with Gasteiger partial charge in [0.2, 0.25) is 5.91 Å². The second kappa shape index (κ2) is 7.38. The summed E-state index contributed by atoms with van der Waals surface area (Å²) in [6.45, 7) is 5.03. The maximum atomic E-state index is 12.5. The van der Waals surface area contributed by atoms with E-state index in [1.807, 2.05) is 31.3 Å². The standard InChI is InChI=1S/C16H24BrN3O/c1-11(2)8-13-9-15(19-18-13)16(21)20(3)10-12-6-4-5-7-14(12)17/h4-7,11,13,15,18-19H,8-10H2,1-3H3. The Morgan fingerprint density at radius 1 is 1.38 bits per heavy atom. The maximum absolute atomic E-state index is 12.5. The highest BCUT2D eigenvalue weighted by Crippen LogP contribution is 2.19. The minimum Gasteiger partial charge on any atom is -0.340 e. The van der Waals surface area contributed by atoms with Crippen molar-refractivity contribution in [2.75, 3.05) is 7.05 Å². The van der Waals surface area contributed by atoms with Gasteiger partial charge in [-0.15, -0.1) is 0 Å². The molecule has 1 fully saturated rings. The number of nitrogens with zero attached hydrogens (tertiary/aromatic N) is 1. The summed E-state index contributed by atoms with van der Waals surface area (Å²) in [5, 5.41) is 0. The number of carbonyl (C=O) groups is 1. The van der Waals surface area contributed by atoms with Gasteiger partial charge in [-0.1, -0.05) is 48.0 Å².